The van der Waals surface area contributed by atoms with Crippen LogP contribution in [0.25, 0.3) is 0 Å². The second-order valence-corrected chi connectivity index (χ2v) is 5.23. The normalized spacial score (nSPS) is 15.7. The number of hydrogen-bond acceptors (Lipinski definition) is 4. The highest BCUT2D eigenvalue weighted by Gasteiger charge is 2.37. The molecule has 0 radical (unpaired) electrons. The number of nitro benzene ring substituents is 1. The number of carbonyl (C=O) groups excluding carboxylic acids is 1. The van der Waals surface area contributed by atoms with E-state index in [1.54, 1.807) is 13.1 Å². The summed E-state index contributed by atoms with van der Waals surface area (Å²) in [5.74, 6) is -0.392. The molecular formula is C13H17N3O3. The van der Waals surface area contributed by atoms with Crippen LogP contribution in [0.3, 0.4) is 0 Å². The standard InChI is InChI=1S/C13H17N3O3/c1-13(5-6-13)8-15-12(17)10-7-9(14-2)3-4-11(10)16(18)19/h3-4,7,14H,5-6,8H2,1-2H3,(H,15,17). The van der Waals surface area contributed by atoms with Gasteiger partial charge in [0.25, 0.3) is 11.6 Å². The first-order chi connectivity index (χ1) is 8.95. The fourth-order valence-corrected chi connectivity index (χ4v) is 1.81. The van der Waals surface area contributed by atoms with Crippen molar-refractivity contribution < 1.29 is 9.72 Å². The molecule has 0 bridgehead atoms. The van der Waals surface area contributed by atoms with Crippen LogP contribution in [0.1, 0.15) is 30.1 Å². The molecule has 0 unspecified atom stereocenters. The van der Waals surface area contributed by atoms with Crippen LogP contribution < -0.4 is 10.6 Å². The Morgan fingerprint density at radius 2 is 2.16 bits per heavy atom. The SMILES string of the molecule is CNc1ccc([N+](=O)[O-])c(C(=O)NCC2(C)CC2)c1. The highest BCUT2D eigenvalue weighted by molar-refractivity contribution is 5.99. The van der Waals surface area contributed by atoms with E-state index in [9.17, 15) is 14.9 Å². The van der Waals surface area contributed by atoms with Crippen molar-refractivity contribution in [2.24, 2.45) is 5.41 Å². The number of rotatable bonds is 5. The van der Waals surface area contributed by atoms with Gasteiger partial charge in [-0.05, 0) is 30.4 Å². The Morgan fingerprint density at radius 3 is 2.68 bits per heavy atom. The molecule has 1 aliphatic carbocycles. The van der Waals surface area contributed by atoms with Gasteiger partial charge in [-0.15, -0.1) is 0 Å². The Labute approximate surface area is 111 Å². The summed E-state index contributed by atoms with van der Waals surface area (Å²) in [6, 6.07) is 4.43. The van der Waals surface area contributed by atoms with Crippen molar-refractivity contribution in [1.82, 2.24) is 5.32 Å². The predicted octanol–water partition coefficient (Wildman–Crippen LogP) is 2.17. The van der Waals surface area contributed by atoms with Crippen LogP contribution in [-0.4, -0.2) is 24.4 Å². The first-order valence-electron chi connectivity index (χ1n) is 6.20. The second kappa shape index (κ2) is 4.87. The van der Waals surface area contributed by atoms with E-state index in [0.29, 0.717) is 12.2 Å². The van der Waals surface area contributed by atoms with Crippen molar-refractivity contribution in [3.05, 3.63) is 33.9 Å². The van der Waals surface area contributed by atoms with Crippen LogP contribution in [0.5, 0.6) is 0 Å². The highest BCUT2D eigenvalue weighted by atomic mass is 16.6. The van der Waals surface area contributed by atoms with Crippen molar-refractivity contribution in [3.8, 4) is 0 Å². The number of benzene rings is 1. The number of amides is 1. The molecular weight excluding hydrogens is 246 g/mol. The average molecular weight is 263 g/mol. The topological polar surface area (TPSA) is 84.3 Å². The zero-order valence-electron chi connectivity index (χ0n) is 11.0. The molecule has 1 fully saturated rings. The highest BCUT2D eigenvalue weighted by Crippen LogP contribution is 2.44. The molecule has 2 rings (SSSR count). The van der Waals surface area contributed by atoms with Gasteiger partial charge in [0.2, 0.25) is 0 Å². The van der Waals surface area contributed by atoms with Gasteiger partial charge in [0, 0.05) is 25.3 Å². The minimum Gasteiger partial charge on any atom is -0.388 e. The van der Waals surface area contributed by atoms with Gasteiger partial charge in [0.05, 0.1) is 4.92 Å². The predicted molar refractivity (Wildman–Crippen MR) is 72.3 cm³/mol. The van der Waals surface area contributed by atoms with Crippen molar-refractivity contribution in [2.45, 2.75) is 19.8 Å². The molecule has 0 saturated heterocycles. The van der Waals surface area contributed by atoms with Gasteiger partial charge >= 0.3 is 0 Å². The molecule has 0 aliphatic heterocycles. The summed E-state index contributed by atoms with van der Waals surface area (Å²) in [5.41, 5.74) is 0.775. The van der Waals surface area contributed by atoms with Gasteiger partial charge in [0.15, 0.2) is 0 Å². The summed E-state index contributed by atoms with van der Waals surface area (Å²) in [6.07, 6.45) is 2.18. The van der Waals surface area contributed by atoms with E-state index in [-0.39, 0.29) is 16.7 Å². The van der Waals surface area contributed by atoms with E-state index in [0.717, 1.165) is 12.8 Å². The third kappa shape index (κ3) is 3.01. The van der Waals surface area contributed by atoms with Crippen LogP contribution >= 0.6 is 0 Å². The molecule has 1 aromatic rings. The molecule has 1 aromatic carbocycles. The third-order valence-corrected chi connectivity index (χ3v) is 3.51. The Morgan fingerprint density at radius 1 is 1.47 bits per heavy atom. The lowest BCUT2D eigenvalue weighted by atomic mass is 10.1. The fourth-order valence-electron chi connectivity index (χ4n) is 1.81. The summed E-state index contributed by atoms with van der Waals surface area (Å²) >= 11 is 0. The van der Waals surface area contributed by atoms with Crippen LogP contribution in [0.2, 0.25) is 0 Å². The lowest BCUT2D eigenvalue weighted by Gasteiger charge is -2.11. The van der Waals surface area contributed by atoms with E-state index >= 15 is 0 Å². The van der Waals surface area contributed by atoms with Crippen molar-refractivity contribution in [3.63, 3.8) is 0 Å². The van der Waals surface area contributed by atoms with Crippen molar-refractivity contribution in [1.29, 1.82) is 0 Å². The summed E-state index contributed by atoms with van der Waals surface area (Å²) < 4.78 is 0. The number of nitrogens with zero attached hydrogens (tertiary/aromatic N) is 1. The molecule has 0 aromatic heterocycles. The Hall–Kier alpha value is -2.11. The van der Waals surface area contributed by atoms with Gasteiger partial charge in [-0.3, -0.25) is 14.9 Å². The maximum absolute atomic E-state index is 12.1. The number of nitrogens with one attached hydrogen (secondary N) is 2. The molecule has 1 aliphatic rings. The van der Waals surface area contributed by atoms with E-state index in [1.807, 2.05) is 0 Å². The first-order valence-corrected chi connectivity index (χ1v) is 6.20. The van der Waals surface area contributed by atoms with Gasteiger partial charge in [0.1, 0.15) is 5.56 Å². The number of hydrogen-bond donors (Lipinski definition) is 2. The third-order valence-electron chi connectivity index (χ3n) is 3.51. The zero-order valence-corrected chi connectivity index (χ0v) is 11.0. The minimum absolute atomic E-state index is 0.0982. The van der Waals surface area contributed by atoms with Gasteiger partial charge < -0.3 is 10.6 Å². The molecule has 102 valence electrons. The molecule has 1 amide bonds. The molecule has 2 N–H and O–H groups in total. The molecule has 0 spiro atoms. The van der Waals surface area contributed by atoms with Crippen LogP contribution in [0.4, 0.5) is 11.4 Å². The first kappa shape index (κ1) is 13.3. The number of carbonyl (C=O) groups is 1. The largest absolute Gasteiger partial charge is 0.388 e. The monoisotopic (exact) mass is 263 g/mol. The number of anilines is 1. The smallest absolute Gasteiger partial charge is 0.282 e. The summed E-state index contributed by atoms with van der Waals surface area (Å²) in [6.45, 7) is 2.65. The van der Waals surface area contributed by atoms with Gasteiger partial charge in [-0.2, -0.15) is 0 Å². The Balaban J connectivity index is 2.20. The molecule has 1 saturated carbocycles. The second-order valence-electron chi connectivity index (χ2n) is 5.23. The molecule has 0 heterocycles. The summed E-state index contributed by atoms with van der Waals surface area (Å²) in [7, 11) is 1.70. The van der Waals surface area contributed by atoms with Crippen LogP contribution in [-0.2, 0) is 0 Å². The van der Waals surface area contributed by atoms with E-state index < -0.39 is 10.8 Å². The molecule has 0 atom stereocenters. The van der Waals surface area contributed by atoms with Gasteiger partial charge in [-0.25, -0.2) is 0 Å². The van der Waals surface area contributed by atoms with E-state index in [1.165, 1.54) is 12.1 Å². The van der Waals surface area contributed by atoms with Crippen molar-refractivity contribution >= 4 is 17.3 Å². The Kier molecular flexibility index (Phi) is 3.42. The van der Waals surface area contributed by atoms with Crippen LogP contribution in [0, 0.1) is 15.5 Å². The fraction of sp³-hybridized carbons (Fsp3) is 0.462. The average Bonchev–Trinajstić information content (AvgIpc) is 3.13. The van der Waals surface area contributed by atoms with Crippen LogP contribution in [0.15, 0.2) is 18.2 Å². The minimum atomic E-state index is -0.535. The van der Waals surface area contributed by atoms with Gasteiger partial charge in [-0.1, -0.05) is 6.92 Å². The maximum Gasteiger partial charge on any atom is 0.282 e. The van der Waals surface area contributed by atoms with E-state index in [2.05, 4.69) is 17.6 Å². The lowest BCUT2D eigenvalue weighted by Crippen LogP contribution is -2.29. The molecule has 6 nitrogen and oxygen atoms in total. The molecule has 6 heteroatoms. The maximum atomic E-state index is 12.1. The lowest BCUT2D eigenvalue weighted by molar-refractivity contribution is -0.385. The molecule has 19 heavy (non-hydrogen) atoms. The Bertz CT molecular complexity index is 524. The quantitative estimate of drug-likeness (QED) is 0.629. The van der Waals surface area contributed by atoms with E-state index in [4.69, 9.17) is 0 Å². The summed E-state index contributed by atoms with van der Waals surface area (Å²) in [5, 5.41) is 16.6. The summed E-state index contributed by atoms with van der Waals surface area (Å²) in [4.78, 5) is 22.5. The number of nitro groups is 1. The zero-order chi connectivity index (χ0) is 14.0. The van der Waals surface area contributed by atoms with Crippen molar-refractivity contribution in [2.75, 3.05) is 18.9 Å².